The van der Waals surface area contributed by atoms with E-state index < -0.39 is 5.54 Å². The predicted molar refractivity (Wildman–Crippen MR) is 87.0 cm³/mol. The van der Waals surface area contributed by atoms with Crippen LogP contribution in [0.25, 0.3) is 0 Å². The number of nitrogens with zero attached hydrogens (tertiary/aromatic N) is 1. The van der Waals surface area contributed by atoms with E-state index in [0.29, 0.717) is 5.92 Å². The number of piperidine rings is 1. The van der Waals surface area contributed by atoms with Crippen LogP contribution in [-0.4, -0.2) is 42.5 Å². The number of carbonyl (C=O) groups excluding carboxylic acids is 1. The number of hydrogen-bond donors (Lipinski definition) is 2. The number of rotatable bonds is 6. The summed E-state index contributed by atoms with van der Waals surface area (Å²) < 4.78 is 0. The van der Waals surface area contributed by atoms with Crippen molar-refractivity contribution in [3.63, 3.8) is 0 Å². The molecule has 0 bridgehead atoms. The maximum absolute atomic E-state index is 12.2. The molecule has 0 atom stereocenters. The van der Waals surface area contributed by atoms with Gasteiger partial charge in [-0.3, -0.25) is 4.79 Å². The van der Waals surface area contributed by atoms with Gasteiger partial charge >= 0.3 is 0 Å². The van der Waals surface area contributed by atoms with Gasteiger partial charge in [0.25, 0.3) is 0 Å². The van der Waals surface area contributed by atoms with E-state index in [4.69, 9.17) is 5.73 Å². The molecule has 0 radical (unpaired) electrons. The summed E-state index contributed by atoms with van der Waals surface area (Å²) >= 11 is 0. The molecule has 0 spiro atoms. The molecule has 1 saturated heterocycles. The van der Waals surface area contributed by atoms with Crippen molar-refractivity contribution in [1.82, 2.24) is 10.2 Å². The highest BCUT2D eigenvalue weighted by atomic mass is 16.2. The van der Waals surface area contributed by atoms with Crippen molar-refractivity contribution in [2.24, 2.45) is 17.6 Å². The van der Waals surface area contributed by atoms with Crippen LogP contribution in [0.1, 0.15) is 58.8 Å². The lowest BCUT2D eigenvalue weighted by atomic mass is 9.94. The van der Waals surface area contributed by atoms with Crippen LogP contribution in [0.5, 0.6) is 0 Å². The highest BCUT2D eigenvalue weighted by molar-refractivity contribution is 5.86. The first kappa shape index (κ1) is 16.8. The number of amides is 1. The Hall–Kier alpha value is -0.610. The first-order chi connectivity index (χ1) is 9.99. The second-order valence-corrected chi connectivity index (χ2v) is 7.54. The minimum absolute atomic E-state index is 0.0854. The lowest BCUT2D eigenvalue weighted by Crippen LogP contribution is -2.53. The maximum Gasteiger partial charge on any atom is 0.240 e. The zero-order valence-electron chi connectivity index (χ0n) is 13.9. The highest BCUT2D eigenvalue weighted by Gasteiger charge is 2.37. The van der Waals surface area contributed by atoms with Crippen LogP contribution in [0.2, 0.25) is 0 Å². The molecule has 1 amide bonds. The molecule has 0 aromatic heterocycles. The molecule has 0 aromatic carbocycles. The van der Waals surface area contributed by atoms with Crippen molar-refractivity contribution in [2.75, 3.05) is 26.2 Å². The van der Waals surface area contributed by atoms with Gasteiger partial charge < -0.3 is 16.0 Å². The molecule has 4 heteroatoms. The van der Waals surface area contributed by atoms with Gasteiger partial charge in [0.2, 0.25) is 5.91 Å². The summed E-state index contributed by atoms with van der Waals surface area (Å²) in [6.07, 6.45) is 7.60. The Morgan fingerprint density at radius 2 is 1.90 bits per heavy atom. The van der Waals surface area contributed by atoms with Crippen LogP contribution >= 0.6 is 0 Å². The highest BCUT2D eigenvalue weighted by Crippen LogP contribution is 2.27. The molecule has 3 N–H and O–H groups in total. The first-order valence-corrected chi connectivity index (χ1v) is 8.79. The van der Waals surface area contributed by atoms with E-state index in [9.17, 15) is 4.79 Å². The van der Waals surface area contributed by atoms with E-state index in [1.54, 1.807) is 0 Å². The van der Waals surface area contributed by atoms with Crippen molar-refractivity contribution in [2.45, 2.75) is 64.3 Å². The zero-order chi connectivity index (χ0) is 15.3. The minimum Gasteiger partial charge on any atom is -0.354 e. The fraction of sp³-hybridized carbons (Fsp3) is 0.941. The summed E-state index contributed by atoms with van der Waals surface area (Å²) in [5.74, 6) is 1.51. The van der Waals surface area contributed by atoms with Crippen molar-refractivity contribution < 1.29 is 4.79 Å². The minimum atomic E-state index is -0.571. The molecule has 0 unspecified atom stereocenters. The average Bonchev–Trinajstić information content (AvgIpc) is 2.92. The molecule has 2 fully saturated rings. The Labute approximate surface area is 129 Å². The SMILES string of the molecule is CC(C)CCN1CCC(CNC(=O)C2(N)CCCC2)CC1. The Morgan fingerprint density at radius 1 is 1.29 bits per heavy atom. The summed E-state index contributed by atoms with van der Waals surface area (Å²) in [6, 6.07) is 0. The summed E-state index contributed by atoms with van der Waals surface area (Å²) in [7, 11) is 0. The fourth-order valence-electron chi connectivity index (χ4n) is 3.50. The van der Waals surface area contributed by atoms with Crippen LogP contribution in [0, 0.1) is 11.8 Å². The Kier molecular flexibility index (Phi) is 6.06. The molecule has 21 heavy (non-hydrogen) atoms. The van der Waals surface area contributed by atoms with Crippen molar-refractivity contribution in [1.29, 1.82) is 0 Å². The zero-order valence-corrected chi connectivity index (χ0v) is 13.9. The third-order valence-corrected chi connectivity index (χ3v) is 5.23. The van der Waals surface area contributed by atoms with Crippen molar-refractivity contribution >= 4 is 5.91 Å². The standard InChI is InChI=1S/C17H33N3O/c1-14(2)5-10-20-11-6-15(7-12-20)13-19-16(21)17(18)8-3-4-9-17/h14-15H,3-13,18H2,1-2H3,(H,19,21). The first-order valence-electron chi connectivity index (χ1n) is 8.79. The van der Waals surface area contributed by atoms with Crippen molar-refractivity contribution in [3.05, 3.63) is 0 Å². The molecular weight excluding hydrogens is 262 g/mol. The van der Waals surface area contributed by atoms with E-state index in [0.717, 1.165) is 38.1 Å². The van der Waals surface area contributed by atoms with Gasteiger partial charge in [-0.05, 0) is 63.6 Å². The smallest absolute Gasteiger partial charge is 0.240 e. The van der Waals surface area contributed by atoms with E-state index in [-0.39, 0.29) is 5.91 Å². The van der Waals surface area contributed by atoms with Gasteiger partial charge in [0.05, 0.1) is 5.54 Å². The summed E-state index contributed by atoms with van der Waals surface area (Å²) in [6.45, 7) is 8.97. The molecule has 1 saturated carbocycles. The third kappa shape index (κ3) is 4.96. The summed E-state index contributed by atoms with van der Waals surface area (Å²) in [5.41, 5.74) is 5.62. The van der Waals surface area contributed by atoms with Gasteiger partial charge in [0.1, 0.15) is 0 Å². The summed E-state index contributed by atoms with van der Waals surface area (Å²) in [4.78, 5) is 14.8. The average molecular weight is 295 g/mol. The van der Waals surface area contributed by atoms with Crippen LogP contribution in [0.4, 0.5) is 0 Å². The number of carbonyl (C=O) groups is 1. The van der Waals surface area contributed by atoms with Gasteiger partial charge in [0, 0.05) is 6.54 Å². The van der Waals surface area contributed by atoms with Gasteiger partial charge in [-0.1, -0.05) is 26.7 Å². The number of hydrogen-bond acceptors (Lipinski definition) is 3. The molecule has 2 aliphatic rings. The molecular formula is C17H33N3O. The number of nitrogens with two attached hydrogens (primary N) is 1. The molecule has 1 aliphatic carbocycles. The Balaban J connectivity index is 1.63. The van der Waals surface area contributed by atoms with Gasteiger partial charge in [-0.2, -0.15) is 0 Å². The van der Waals surface area contributed by atoms with E-state index in [2.05, 4.69) is 24.1 Å². The quantitative estimate of drug-likeness (QED) is 0.789. The van der Waals surface area contributed by atoms with E-state index in [1.165, 1.54) is 38.9 Å². The van der Waals surface area contributed by atoms with E-state index >= 15 is 0 Å². The molecule has 1 heterocycles. The molecule has 4 nitrogen and oxygen atoms in total. The maximum atomic E-state index is 12.2. The van der Waals surface area contributed by atoms with Crippen LogP contribution in [0.15, 0.2) is 0 Å². The second kappa shape index (κ2) is 7.59. The van der Waals surface area contributed by atoms with Crippen LogP contribution in [-0.2, 0) is 4.79 Å². The Morgan fingerprint density at radius 3 is 2.48 bits per heavy atom. The lowest BCUT2D eigenvalue weighted by Gasteiger charge is -2.33. The molecule has 122 valence electrons. The fourth-order valence-corrected chi connectivity index (χ4v) is 3.50. The molecule has 0 aromatic rings. The number of nitrogens with one attached hydrogen (secondary N) is 1. The summed E-state index contributed by atoms with van der Waals surface area (Å²) in [5, 5.41) is 3.12. The monoisotopic (exact) mass is 295 g/mol. The topological polar surface area (TPSA) is 58.4 Å². The van der Waals surface area contributed by atoms with Crippen LogP contribution < -0.4 is 11.1 Å². The van der Waals surface area contributed by atoms with Gasteiger partial charge in [-0.25, -0.2) is 0 Å². The van der Waals surface area contributed by atoms with Gasteiger partial charge in [-0.15, -0.1) is 0 Å². The van der Waals surface area contributed by atoms with Gasteiger partial charge in [0.15, 0.2) is 0 Å². The predicted octanol–water partition coefficient (Wildman–Crippen LogP) is 2.13. The normalized spacial score (nSPS) is 23.6. The third-order valence-electron chi connectivity index (χ3n) is 5.23. The second-order valence-electron chi connectivity index (χ2n) is 7.54. The van der Waals surface area contributed by atoms with Crippen LogP contribution in [0.3, 0.4) is 0 Å². The number of likely N-dealkylation sites (tertiary alicyclic amines) is 1. The largest absolute Gasteiger partial charge is 0.354 e. The van der Waals surface area contributed by atoms with E-state index in [1.807, 2.05) is 0 Å². The molecule has 1 aliphatic heterocycles. The molecule has 2 rings (SSSR count). The Bertz CT molecular complexity index is 329. The lowest BCUT2D eigenvalue weighted by molar-refractivity contribution is -0.126. The van der Waals surface area contributed by atoms with Crippen molar-refractivity contribution in [3.8, 4) is 0 Å².